The maximum absolute atomic E-state index is 13.3. The number of hydrogen-bond donors (Lipinski definition) is 2. The van der Waals surface area contributed by atoms with E-state index < -0.39 is 0 Å². The largest absolute Gasteiger partial charge is 0.484 e. The fourth-order valence-corrected chi connectivity index (χ4v) is 3.14. The third-order valence-corrected chi connectivity index (χ3v) is 4.75. The minimum Gasteiger partial charge on any atom is -0.484 e. The molecule has 0 radical (unpaired) electrons. The fraction of sp³-hybridized carbons (Fsp3) is 0.286. The molecule has 0 unspecified atom stereocenters. The van der Waals surface area contributed by atoms with Gasteiger partial charge in [0.1, 0.15) is 17.4 Å². The Morgan fingerprint density at radius 2 is 1.93 bits per heavy atom. The summed E-state index contributed by atoms with van der Waals surface area (Å²) in [5.74, 6) is 0.317. The number of carbonyl (C=O) groups is 2. The Hall–Kier alpha value is -3.46. The van der Waals surface area contributed by atoms with Gasteiger partial charge >= 0.3 is 0 Å². The standard InChI is InChI=1S/C21H21FN4O4/c22-15-3-6-17-18(11-15)25-19(24-17)12-23-21(28)14-1-4-16(5-2-14)30-13-20(27)26-7-9-29-10-8-26/h1-6,11H,7-10,12-13H2,(H,23,28)(H,24,25). The number of nitrogens with one attached hydrogen (secondary N) is 2. The Balaban J connectivity index is 1.28. The molecule has 0 bridgehead atoms. The highest BCUT2D eigenvalue weighted by Crippen LogP contribution is 2.14. The van der Waals surface area contributed by atoms with Crippen LogP contribution in [0.3, 0.4) is 0 Å². The minimum absolute atomic E-state index is 0.0574. The van der Waals surface area contributed by atoms with Crippen LogP contribution in [0.1, 0.15) is 16.2 Å². The van der Waals surface area contributed by atoms with Gasteiger partial charge in [-0.25, -0.2) is 9.37 Å². The van der Waals surface area contributed by atoms with E-state index in [4.69, 9.17) is 9.47 Å². The molecule has 3 aromatic rings. The van der Waals surface area contributed by atoms with Crippen LogP contribution >= 0.6 is 0 Å². The molecule has 4 rings (SSSR count). The third-order valence-electron chi connectivity index (χ3n) is 4.75. The van der Waals surface area contributed by atoms with Crippen molar-refractivity contribution in [3.8, 4) is 5.75 Å². The van der Waals surface area contributed by atoms with Gasteiger partial charge in [-0.2, -0.15) is 0 Å². The van der Waals surface area contributed by atoms with E-state index in [0.29, 0.717) is 54.5 Å². The van der Waals surface area contributed by atoms with Crippen LogP contribution in [0.15, 0.2) is 42.5 Å². The first-order chi connectivity index (χ1) is 14.6. The number of imidazole rings is 1. The summed E-state index contributed by atoms with van der Waals surface area (Å²) in [6.45, 7) is 2.35. The predicted octanol–water partition coefficient (Wildman–Crippen LogP) is 1.87. The van der Waals surface area contributed by atoms with E-state index in [1.54, 1.807) is 35.2 Å². The van der Waals surface area contributed by atoms with E-state index in [1.807, 2.05) is 0 Å². The highest BCUT2D eigenvalue weighted by atomic mass is 19.1. The summed E-state index contributed by atoms with van der Waals surface area (Å²) >= 11 is 0. The summed E-state index contributed by atoms with van der Waals surface area (Å²) in [5, 5.41) is 2.76. The molecule has 0 spiro atoms. The Morgan fingerprint density at radius 3 is 2.70 bits per heavy atom. The number of hydrogen-bond acceptors (Lipinski definition) is 5. The predicted molar refractivity (Wildman–Crippen MR) is 107 cm³/mol. The normalized spacial score (nSPS) is 14.0. The minimum atomic E-state index is -0.351. The van der Waals surface area contributed by atoms with Gasteiger partial charge in [0.2, 0.25) is 0 Å². The summed E-state index contributed by atoms with van der Waals surface area (Å²) in [5.41, 5.74) is 1.66. The zero-order valence-electron chi connectivity index (χ0n) is 16.2. The van der Waals surface area contributed by atoms with Crippen molar-refractivity contribution < 1.29 is 23.5 Å². The highest BCUT2D eigenvalue weighted by Gasteiger charge is 2.17. The molecule has 0 saturated carbocycles. The van der Waals surface area contributed by atoms with E-state index in [2.05, 4.69) is 15.3 Å². The monoisotopic (exact) mass is 412 g/mol. The van der Waals surface area contributed by atoms with E-state index in [-0.39, 0.29) is 30.8 Å². The van der Waals surface area contributed by atoms with Crippen molar-refractivity contribution in [3.05, 3.63) is 59.7 Å². The molecule has 2 aromatic carbocycles. The zero-order chi connectivity index (χ0) is 20.9. The molecule has 2 heterocycles. The quantitative estimate of drug-likeness (QED) is 0.644. The number of ether oxygens (including phenoxy) is 2. The first-order valence-corrected chi connectivity index (χ1v) is 9.59. The summed E-state index contributed by atoms with van der Waals surface area (Å²) < 4.78 is 24.0. The molecule has 1 aromatic heterocycles. The number of nitrogens with zero attached hydrogens (tertiary/aromatic N) is 2. The van der Waals surface area contributed by atoms with Crippen LogP contribution in [-0.4, -0.2) is 59.6 Å². The smallest absolute Gasteiger partial charge is 0.260 e. The van der Waals surface area contributed by atoms with Crippen LogP contribution < -0.4 is 10.1 Å². The molecule has 2 N–H and O–H groups in total. The number of H-pyrrole nitrogens is 1. The second-order valence-corrected chi connectivity index (χ2v) is 6.83. The van der Waals surface area contributed by atoms with Crippen molar-refractivity contribution >= 4 is 22.8 Å². The first-order valence-electron chi connectivity index (χ1n) is 9.59. The van der Waals surface area contributed by atoms with Crippen LogP contribution in [0, 0.1) is 5.82 Å². The summed E-state index contributed by atoms with van der Waals surface area (Å²) in [7, 11) is 0. The van der Waals surface area contributed by atoms with E-state index in [1.165, 1.54) is 12.1 Å². The number of morpholine rings is 1. The average Bonchev–Trinajstić information content (AvgIpc) is 3.18. The number of aromatic amines is 1. The van der Waals surface area contributed by atoms with Gasteiger partial charge in [0.05, 0.1) is 30.8 Å². The topological polar surface area (TPSA) is 96.6 Å². The number of halogens is 1. The maximum Gasteiger partial charge on any atom is 0.260 e. The van der Waals surface area contributed by atoms with Crippen molar-refractivity contribution in [2.45, 2.75) is 6.54 Å². The average molecular weight is 412 g/mol. The Morgan fingerprint density at radius 1 is 1.17 bits per heavy atom. The van der Waals surface area contributed by atoms with E-state index in [0.717, 1.165) is 0 Å². The Kier molecular flexibility index (Phi) is 5.89. The molecule has 1 fully saturated rings. The van der Waals surface area contributed by atoms with Gasteiger partial charge < -0.3 is 24.7 Å². The molecule has 2 amide bonds. The van der Waals surface area contributed by atoms with Gasteiger partial charge in [0, 0.05) is 18.7 Å². The molecule has 156 valence electrons. The molecule has 30 heavy (non-hydrogen) atoms. The lowest BCUT2D eigenvalue weighted by Crippen LogP contribution is -2.42. The first kappa shape index (κ1) is 19.8. The molecule has 9 heteroatoms. The van der Waals surface area contributed by atoms with Crippen LogP contribution in [0.2, 0.25) is 0 Å². The molecule has 1 aliphatic heterocycles. The third kappa shape index (κ3) is 4.74. The summed E-state index contributed by atoms with van der Waals surface area (Å²) in [6.07, 6.45) is 0. The van der Waals surface area contributed by atoms with Crippen molar-refractivity contribution in [3.63, 3.8) is 0 Å². The van der Waals surface area contributed by atoms with Gasteiger partial charge in [-0.15, -0.1) is 0 Å². The lowest BCUT2D eigenvalue weighted by atomic mass is 10.2. The van der Waals surface area contributed by atoms with Gasteiger partial charge in [0.25, 0.3) is 11.8 Å². The number of aromatic nitrogens is 2. The van der Waals surface area contributed by atoms with Crippen molar-refractivity contribution in [1.29, 1.82) is 0 Å². The van der Waals surface area contributed by atoms with Crippen molar-refractivity contribution in [2.24, 2.45) is 0 Å². The van der Waals surface area contributed by atoms with Crippen LogP contribution in [0.5, 0.6) is 5.75 Å². The van der Waals surface area contributed by atoms with Gasteiger partial charge in [0.15, 0.2) is 6.61 Å². The zero-order valence-corrected chi connectivity index (χ0v) is 16.2. The molecular formula is C21H21FN4O4. The number of rotatable bonds is 6. The second kappa shape index (κ2) is 8.91. The molecular weight excluding hydrogens is 391 g/mol. The molecule has 0 aliphatic carbocycles. The molecule has 1 saturated heterocycles. The molecule has 1 aliphatic rings. The molecule has 0 atom stereocenters. The van der Waals surface area contributed by atoms with Crippen molar-refractivity contribution in [1.82, 2.24) is 20.2 Å². The number of fused-ring (bicyclic) bond motifs is 1. The lowest BCUT2D eigenvalue weighted by Gasteiger charge is -2.26. The number of carbonyl (C=O) groups excluding carboxylic acids is 2. The maximum atomic E-state index is 13.3. The number of amides is 2. The van der Waals surface area contributed by atoms with Crippen LogP contribution in [0.4, 0.5) is 4.39 Å². The summed E-state index contributed by atoms with van der Waals surface area (Å²) in [4.78, 5) is 33.4. The Bertz CT molecular complexity index is 1040. The summed E-state index contributed by atoms with van der Waals surface area (Å²) in [6, 6.07) is 10.8. The fourth-order valence-electron chi connectivity index (χ4n) is 3.14. The van der Waals surface area contributed by atoms with Gasteiger partial charge in [-0.05, 0) is 42.5 Å². The van der Waals surface area contributed by atoms with Crippen LogP contribution in [-0.2, 0) is 16.1 Å². The van der Waals surface area contributed by atoms with Crippen molar-refractivity contribution in [2.75, 3.05) is 32.9 Å². The van der Waals surface area contributed by atoms with E-state index >= 15 is 0 Å². The second-order valence-electron chi connectivity index (χ2n) is 6.83. The van der Waals surface area contributed by atoms with Gasteiger partial charge in [-0.1, -0.05) is 0 Å². The SMILES string of the molecule is O=C(NCc1nc2ccc(F)cc2[nH]1)c1ccc(OCC(=O)N2CCOCC2)cc1. The lowest BCUT2D eigenvalue weighted by molar-refractivity contribution is -0.137. The Labute approximate surface area is 172 Å². The molecule has 8 nitrogen and oxygen atoms in total. The van der Waals surface area contributed by atoms with E-state index in [9.17, 15) is 14.0 Å². The van der Waals surface area contributed by atoms with Gasteiger partial charge in [-0.3, -0.25) is 9.59 Å². The van der Waals surface area contributed by atoms with Crippen LogP contribution in [0.25, 0.3) is 11.0 Å². The number of benzene rings is 2. The highest BCUT2D eigenvalue weighted by molar-refractivity contribution is 5.94.